The third-order valence-corrected chi connectivity index (χ3v) is 4.24. The maximum absolute atomic E-state index is 12.9. The molecule has 0 aliphatic rings. The van der Waals surface area contributed by atoms with Crippen molar-refractivity contribution in [2.75, 3.05) is 5.32 Å². The molecule has 1 aromatic carbocycles. The number of non-ortho nitro benzene ring substituents is 1. The Balaban J connectivity index is 2.24. The summed E-state index contributed by atoms with van der Waals surface area (Å²) in [6.07, 6.45) is -4.64. The Morgan fingerprint density at radius 3 is 2.36 bits per heavy atom. The van der Waals surface area contributed by atoms with E-state index in [1.165, 1.54) is 19.1 Å². The second kappa shape index (κ2) is 7.12. The number of benzene rings is 1. The quantitative estimate of drug-likeness (QED) is 0.517. The van der Waals surface area contributed by atoms with Gasteiger partial charge in [0.05, 0.1) is 16.3 Å². The topological polar surface area (TPSA) is 90.1 Å². The zero-order valence-electron chi connectivity index (χ0n) is 12.4. The highest BCUT2D eigenvalue weighted by Crippen LogP contribution is 2.35. The van der Waals surface area contributed by atoms with E-state index in [4.69, 9.17) is 0 Å². The van der Waals surface area contributed by atoms with Crippen LogP contribution in [0.4, 0.5) is 24.5 Å². The third kappa shape index (κ3) is 4.57. The minimum atomic E-state index is -4.64. The molecule has 0 atom stereocenters. The van der Waals surface area contributed by atoms with Crippen molar-refractivity contribution in [3.05, 3.63) is 48.6 Å². The molecule has 1 aromatic heterocycles. The maximum Gasteiger partial charge on any atom is 0.433 e. The van der Waals surface area contributed by atoms with Crippen molar-refractivity contribution in [3.63, 3.8) is 0 Å². The van der Waals surface area contributed by atoms with E-state index < -0.39 is 29.2 Å². The number of hydrogen-bond donors (Lipinski definition) is 1. The number of aryl methyl sites for hydroxylation is 1. The van der Waals surface area contributed by atoms with E-state index in [-0.39, 0.29) is 26.0 Å². The van der Waals surface area contributed by atoms with Crippen molar-refractivity contribution in [2.45, 2.75) is 19.6 Å². The van der Waals surface area contributed by atoms with Gasteiger partial charge in [0.15, 0.2) is 0 Å². The number of carbonyl (C=O) groups is 1. The number of nitrogens with one attached hydrogen (secondary N) is 1. The van der Waals surface area contributed by atoms with E-state index in [0.29, 0.717) is 4.68 Å². The Bertz CT molecular complexity index is 829. The molecular formula is C13H9Br2F3N4O3. The molecule has 12 heteroatoms. The summed E-state index contributed by atoms with van der Waals surface area (Å²) in [5.74, 6) is -0.774. The van der Waals surface area contributed by atoms with Crippen LogP contribution in [0, 0.1) is 17.0 Å². The van der Waals surface area contributed by atoms with Crippen LogP contribution in [-0.2, 0) is 17.5 Å². The highest BCUT2D eigenvalue weighted by Gasteiger charge is 2.35. The third-order valence-electron chi connectivity index (χ3n) is 2.99. The van der Waals surface area contributed by atoms with Gasteiger partial charge >= 0.3 is 6.18 Å². The first-order chi connectivity index (χ1) is 11.5. The number of halogens is 5. The summed E-state index contributed by atoms with van der Waals surface area (Å²) < 4.78 is 39.7. The Morgan fingerprint density at radius 2 is 1.88 bits per heavy atom. The first kappa shape index (κ1) is 19.4. The lowest BCUT2D eigenvalue weighted by molar-refractivity contribution is -0.385. The summed E-state index contributed by atoms with van der Waals surface area (Å²) >= 11 is 6.16. The monoisotopic (exact) mass is 484 g/mol. The van der Waals surface area contributed by atoms with Gasteiger partial charge < -0.3 is 5.32 Å². The predicted molar refractivity (Wildman–Crippen MR) is 89.1 cm³/mol. The molecule has 0 spiro atoms. The predicted octanol–water partition coefficient (Wildman–Crippen LogP) is 4.28. The number of amides is 1. The molecule has 0 unspecified atom stereocenters. The molecular weight excluding hydrogens is 477 g/mol. The molecule has 0 radical (unpaired) electrons. The number of hydrogen-bond acceptors (Lipinski definition) is 4. The number of carbonyl (C=O) groups excluding carboxylic acids is 1. The van der Waals surface area contributed by atoms with Gasteiger partial charge in [-0.2, -0.15) is 18.3 Å². The van der Waals surface area contributed by atoms with Crippen LogP contribution >= 0.6 is 31.9 Å². The molecule has 1 heterocycles. The van der Waals surface area contributed by atoms with Gasteiger partial charge in [-0.3, -0.25) is 19.6 Å². The van der Waals surface area contributed by atoms with Crippen LogP contribution in [0.2, 0.25) is 0 Å². The fourth-order valence-corrected chi connectivity index (χ4v) is 3.35. The number of nitro benzene ring substituents is 1. The minimum absolute atomic E-state index is 0.123. The van der Waals surface area contributed by atoms with Crippen LogP contribution in [0.15, 0.2) is 27.1 Å². The van der Waals surface area contributed by atoms with Gasteiger partial charge in [-0.25, -0.2) is 0 Å². The van der Waals surface area contributed by atoms with Crippen molar-refractivity contribution in [1.82, 2.24) is 9.78 Å². The van der Waals surface area contributed by atoms with Crippen LogP contribution in [0.5, 0.6) is 0 Å². The lowest BCUT2D eigenvalue weighted by Gasteiger charge is -2.12. The summed E-state index contributed by atoms with van der Waals surface area (Å²) in [7, 11) is 0. The average molecular weight is 486 g/mol. The fourth-order valence-electron chi connectivity index (χ4n) is 1.99. The molecule has 0 bridgehead atoms. The second-order valence-electron chi connectivity index (χ2n) is 4.92. The molecule has 2 aromatic rings. The van der Waals surface area contributed by atoms with Crippen molar-refractivity contribution in [2.24, 2.45) is 0 Å². The van der Waals surface area contributed by atoms with Gasteiger partial charge in [-0.15, -0.1) is 0 Å². The van der Waals surface area contributed by atoms with E-state index in [9.17, 15) is 28.1 Å². The molecule has 0 aliphatic heterocycles. The smallest absolute Gasteiger partial charge is 0.323 e. The van der Waals surface area contributed by atoms with Gasteiger partial charge in [0, 0.05) is 21.1 Å². The first-order valence-corrected chi connectivity index (χ1v) is 8.12. The second-order valence-corrected chi connectivity index (χ2v) is 6.62. The van der Waals surface area contributed by atoms with Crippen LogP contribution in [-0.4, -0.2) is 20.6 Å². The summed E-state index contributed by atoms with van der Waals surface area (Å²) in [6, 6.07) is 3.17. The van der Waals surface area contributed by atoms with E-state index in [1.807, 2.05) is 0 Å². The summed E-state index contributed by atoms with van der Waals surface area (Å²) in [5.41, 5.74) is -0.980. The Hall–Kier alpha value is -1.95. The lowest BCUT2D eigenvalue weighted by Crippen LogP contribution is -2.24. The Labute approximate surface area is 155 Å². The summed E-state index contributed by atoms with van der Waals surface area (Å²) in [6.45, 7) is 0.714. The highest BCUT2D eigenvalue weighted by atomic mass is 79.9. The molecule has 7 nitrogen and oxygen atoms in total. The molecule has 134 valence electrons. The fraction of sp³-hybridized carbons (Fsp3) is 0.231. The SMILES string of the molecule is Cc1cc(C(F)(F)F)n(CC(=O)Nc2c(Br)cc([N+](=O)[O-])cc2Br)n1. The number of nitrogens with zero attached hydrogens (tertiary/aromatic N) is 3. The molecule has 0 fully saturated rings. The molecule has 2 rings (SSSR count). The van der Waals surface area contributed by atoms with Crippen molar-refractivity contribution >= 4 is 49.1 Å². The largest absolute Gasteiger partial charge is 0.433 e. The Morgan fingerprint density at radius 1 is 1.32 bits per heavy atom. The van der Waals surface area contributed by atoms with Gasteiger partial charge in [-0.05, 0) is 44.8 Å². The number of nitro groups is 1. The molecule has 25 heavy (non-hydrogen) atoms. The minimum Gasteiger partial charge on any atom is -0.323 e. The van der Waals surface area contributed by atoms with Crippen molar-refractivity contribution in [3.8, 4) is 0 Å². The number of anilines is 1. The molecule has 1 N–H and O–H groups in total. The zero-order chi connectivity index (χ0) is 18.9. The normalized spacial score (nSPS) is 11.4. The summed E-state index contributed by atoms with van der Waals surface area (Å²) in [4.78, 5) is 22.2. The van der Waals surface area contributed by atoms with Gasteiger partial charge in [0.1, 0.15) is 12.2 Å². The highest BCUT2D eigenvalue weighted by molar-refractivity contribution is 9.11. The number of rotatable bonds is 4. The van der Waals surface area contributed by atoms with Crippen molar-refractivity contribution < 1.29 is 22.9 Å². The van der Waals surface area contributed by atoms with E-state index in [1.54, 1.807) is 0 Å². The van der Waals surface area contributed by atoms with E-state index in [2.05, 4.69) is 42.3 Å². The van der Waals surface area contributed by atoms with Crippen LogP contribution < -0.4 is 5.32 Å². The zero-order valence-corrected chi connectivity index (χ0v) is 15.6. The number of alkyl halides is 3. The molecule has 0 saturated carbocycles. The van der Waals surface area contributed by atoms with Crippen LogP contribution in [0.3, 0.4) is 0 Å². The van der Waals surface area contributed by atoms with Crippen LogP contribution in [0.25, 0.3) is 0 Å². The molecule has 1 amide bonds. The average Bonchev–Trinajstić information content (AvgIpc) is 2.83. The van der Waals surface area contributed by atoms with Gasteiger partial charge in [-0.1, -0.05) is 0 Å². The van der Waals surface area contributed by atoms with Gasteiger partial charge in [0.2, 0.25) is 5.91 Å². The number of aromatic nitrogens is 2. The van der Waals surface area contributed by atoms with Crippen LogP contribution in [0.1, 0.15) is 11.4 Å². The van der Waals surface area contributed by atoms with Crippen molar-refractivity contribution in [1.29, 1.82) is 0 Å². The molecule has 0 saturated heterocycles. The maximum atomic E-state index is 12.9. The lowest BCUT2D eigenvalue weighted by atomic mass is 10.3. The Kier molecular flexibility index (Phi) is 5.52. The first-order valence-electron chi connectivity index (χ1n) is 6.54. The van der Waals surface area contributed by atoms with Gasteiger partial charge in [0.25, 0.3) is 5.69 Å². The van der Waals surface area contributed by atoms with E-state index in [0.717, 1.165) is 6.07 Å². The standard InChI is InChI=1S/C13H9Br2F3N4O3/c1-6-2-10(13(16,17)18)21(20-6)5-11(23)19-12-8(14)3-7(22(24)25)4-9(12)15/h2-4H,5H2,1H3,(H,19,23). The summed E-state index contributed by atoms with van der Waals surface area (Å²) in [5, 5.41) is 16.8. The van der Waals surface area contributed by atoms with E-state index >= 15 is 0 Å². The molecule has 0 aliphatic carbocycles.